The quantitative estimate of drug-likeness (QED) is 0.212. The van der Waals surface area contributed by atoms with Gasteiger partial charge >= 0.3 is 0 Å². The van der Waals surface area contributed by atoms with Gasteiger partial charge in [0.2, 0.25) is 0 Å². The standard InChI is InChI=1S/C33H18BrN3O2/c34-26-14-7-12-24-23-11-6-13-25(29(23)39-30(24)26)33-36-31(19-8-2-1-3-9-19)35-32(37-33)20-16-17-22-21-10-4-5-15-27(21)38-28(22)18-20/h1-18H. The summed E-state index contributed by atoms with van der Waals surface area (Å²) in [4.78, 5) is 14.8. The first-order chi connectivity index (χ1) is 19.2. The Morgan fingerprint density at radius 2 is 1.13 bits per heavy atom. The van der Waals surface area contributed by atoms with Crippen molar-refractivity contribution in [1.29, 1.82) is 0 Å². The van der Waals surface area contributed by atoms with Gasteiger partial charge in [-0.15, -0.1) is 0 Å². The Hall–Kier alpha value is -4.81. The number of hydrogen-bond donors (Lipinski definition) is 0. The molecule has 0 N–H and O–H groups in total. The molecule has 3 heterocycles. The monoisotopic (exact) mass is 567 g/mol. The number of hydrogen-bond acceptors (Lipinski definition) is 5. The SMILES string of the molecule is Brc1cccc2c1oc1c(-c3nc(-c4ccccc4)nc(-c4ccc5c(c4)oc4ccccc45)n3)cccc12. The first kappa shape index (κ1) is 22.2. The van der Waals surface area contributed by atoms with Gasteiger partial charge in [0.25, 0.3) is 0 Å². The second-order valence-corrected chi connectivity index (χ2v) is 10.2. The Kier molecular flexibility index (Phi) is 4.90. The minimum Gasteiger partial charge on any atom is -0.456 e. The van der Waals surface area contributed by atoms with Crippen LogP contribution in [0.15, 0.2) is 123 Å². The smallest absolute Gasteiger partial charge is 0.167 e. The van der Waals surface area contributed by atoms with Gasteiger partial charge in [0.1, 0.15) is 22.3 Å². The second-order valence-electron chi connectivity index (χ2n) is 9.38. The first-order valence-corrected chi connectivity index (χ1v) is 13.4. The average Bonchev–Trinajstić information content (AvgIpc) is 3.56. The van der Waals surface area contributed by atoms with E-state index in [0.29, 0.717) is 17.5 Å². The van der Waals surface area contributed by atoms with Gasteiger partial charge in [0, 0.05) is 32.7 Å². The molecule has 39 heavy (non-hydrogen) atoms. The summed E-state index contributed by atoms with van der Waals surface area (Å²) in [6.45, 7) is 0. The van der Waals surface area contributed by atoms with Crippen LogP contribution in [0.5, 0.6) is 0 Å². The Balaban J connectivity index is 1.38. The highest BCUT2D eigenvalue weighted by molar-refractivity contribution is 9.10. The third-order valence-electron chi connectivity index (χ3n) is 7.02. The van der Waals surface area contributed by atoms with Crippen LogP contribution in [0.25, 0.3) is 78.0 Å². The molecule has 0 aliphatic heterocycles. The second kappa shape index (κ2) is 8.61. The number of benzene rings is 5. The fourth-order valence-electron chi connectivity index (χ4n) is 5.17. The lowest BCUT2D eigenvalue weighted by Crippen LogP contribution is -2.00. The van der Waals surface area contributed by atoms with Crippen molar-refractivity contribution in [3.05, 3.63) is 114 Å². The molecule has 6 heteroatoms. The molecule has 184 valence electrons. The topological polar surface area (TPSA) is 65.0 Å². The molecule has 0 aliphatic rings. The highest BCUT2D eigenvalue weighted by Crippen LogP contribution is 2.38. The van der Waals surface area contributed by atoms with Crippen LogP contribution in [0.4, 0.5) is 0 Å². The predicted octanol–water partition coefficient (Wildman–Crippen LogP) is 9.43. The molecule has 0 saturated heterocycles. The first-order valence-electron chi connectivity index (χ1n) is 12.6. The third-order valence-corrected chi connectivity index (χ3v) is 7.65. The van der Waals surface area contributed by atoms with E-state index in [2.05, 4.69) is 40.2 Å². The van der Waals surface area contributed by atoms with Gasteiger partial charge in [-0.2, -0.15) is 0 Å². The summed E-state index contributed by atoms with van der Waals surface area (Å²) in [7, 11) is 0. The van der Waals surface area contributed by atoms with Gasteiger partial charge in [-0.25, -0.2) is 15.0 Å². The summed E-state index contributed by atoms with van der Waals surface area (Å²) in [5.74, 6) is 1.70. The minimum atomic E-state index is 0.546. The number of rotatable bonds is 3. The summed E-state index contributed by atoms with van der Waals surface area (Å²) in [5, 5.41) is 4.19. The van der Waals surface area contributed by atoms with Crippen molar-refractivity contribution in [2.24, 2.45) is 0 Å². The van der Waals surface area contributed by atoms with Crippen LogP contribution < -0.4 is 0 Å². The van der Waals surface area contributed by atoms with Crippen molar-refractivity contribution in [2.75, 3.05) is 0 Å². The van der Waals surface area contributed by atoms with E-state index in [4.69, 9.17) is 23.8 Å². The maximum Gasteiger partial charge on any atom is 0.167 e. The van der Waals surface area contributed by atoms with Gasteiger partial charge in [-0.1, -0.05) is 78.9 Å². The average molecular weight is 568 g/mol. The number of halogens is 1. The molecular weight excluding hydrogens is 550 g/mol. The lowest BCUT2D eigenvalue weighted by atomic mass is 10.1. The zero-order valence-corrected chi connectivity index (χ0v) is 22.0. The van der Waals surface area contributed by atoms with Crippen LogP contribution >= 0.6 is 15.9 Å². The molecule has 5 aromatic carbocycles. The fourth-order valence-corrected chi connectivity index (χ4v) is 5.62. The molecule has 5 nitrogen and oxygen atoms in total. The highest BCUT2D eigenvalue weighted by Gasteiger charge is 2.19. The van der Waals surface area contributed by atoms with Crippen LogP contribution in [0.1, 0.15) is 0 Å². The van der Waals surface area contributed by atoms with Gasteiger partial charge in [-0.3, -0.25) is 0 Å². The van der Waals surface area contributed by atoms with E-state index >= 15 is 0 Å². The van der Waals surface area contributed by atoms with E-state index in [9.17, 15) is 0 Å². The molecule has 8 rings (SSSR count). The maximum atomic E-state index is 6.39. The highest BCUT2D eigenvalue weighted by atomic mass is 79.9. The zero-order chi connectivity index (χ0) is 25.9. The van der Waals surface area contributed by atoms with E-state index in [1.54, 1.807) is 0 Å². The normalized spacial score (nSPS) is 11.7. The van der Waals surface area contributed by atoms with Crippen LogP contribution in [-0.2, 0) is 0 Å². The molecule has 0 radical (unpaired) electrons. The third kappa shape index (κ3) is 3.56. The van der Waals surface area contributed by atoms with Crippen LogP contribution in [0.3, 0.4) is 0 Å². The summed E-state index contributed by atoms with van der Waals surface area (Å²) in [5.41, 5.74) is 5.75. The summed E-state index contributed by atoms with van der Waals surface area (Å²) >= 11 is 3.63. The Labute approximate surface area is 230 Å². The molecule has 0 spiro atoms. The van der Waals surface area contributed by atoms with Crippen LogP contribution in [0, 0.1) is 0 Å². The lowest BCUT2D eigenvalue weighted by molar-refractivity contribution is 0.667. The number of para-hydroxylation sites is 3. The van der Waals surface area contributed by atoms with Gasteiger partial charge in [0.05, 0.1) is 10.0 Å². The molecule has 0 saturated carbocycles. The van der Waals surface area contributed by atoms with Crippen molar-refractivity contribution in [1.82, 2.24) is 15.0 Å². The minimum absolute atomic E-state index is 0.546. The van der Waals surface area contributed by atoms with Crippen molar-refractivity contribution in [3.63, 3.8) is 0 Å². The molecule has 0 bridgehead atoms. The van der Waals surface area contributed by atoms with E-state index < -0.39 is 0 Å². The Bertz CT molecular complexity index is 2200. The largest absolute Gasteiger partial charge is 0.456 e. The van der Waals surface area contributed by atoms with Crippen LogP contribution in [0.2, 0.25) is 0 Å². The fraction of sp³-hybridized carbons (Fsp3) is 0. The summed E-state index contributed by atoms with van der Waals surface area (Å²) in [6, 6.07) is 36.2. The van der Waals surface area contributed by atoms with Crippen LogP contribution in [-0.4, -0.2) is 15.0 Å². The van der Waals surface area contributed by atoms with E-state index in [-0.39, 0.29) is 0 Å². The van der Waals surface area contributed by atoms with Gasteiger partial charge in [0.15, 0.2) is 17.5 Å². The molecular formula is C33H18BrN3O2. The van der Waals surface area contributed by atoms with Crippen molar-refractivity contribution in [3.8, 4) is 34.2 Å². The molecule has 0 fully saturated rings. The van der Waals surface area contributed by atoms with Crippen molar-refractivity contribution >= 4 is 59.8 Å². The number of furan rings is 2. The maximum absolute atomic E-state index is 6.39. The molecule has 0 unspecified atom stereocenters. The van der Waals surface area contributed by atoms with E-state index in [1.165, 1.54) is 0 Å². The number of aromatic nitrogens is 3. The number of fused-ring (bicyclic) bond motifs is 6. The van der Waals surface area contributed by atoms with Crippen molar-refractivity contribution < 1.29 is 8.83 Å². The molecule has 3 aromatic heterocycles. The lowest BCUT2D eigenvalue weighted by Gasteiger charge is -2.08. The summed E-state index contributed by atoms with van der Waals surface area (Å²) < 4.78 is 13.5. The van der Waals surface area contributed by atoms with E-state index in [1.807, 2.05) is 84.9 Å². The van der Waals surface area contributed by atoms with Gasteiger partial charge < -0.3 is 8.83 Å². The molecule has 0 amide bonds. The molecule has 8 aromatic rings. The number of nitrogens with zero attached hydrogens (tertiary/aromatic N) is 3. The molecule has 0 aliphatic carbocycles. The Morgan fingerprint density at radius 1 is 0.462 bits per heavy atom. The van der Waals surface area contributed by atoms with Crippen molar-refractivity contribution in [2.45, 2.75) is 0 Å². The molecule has 0 atom stereocenters. The zero-order valence-electron chi connectivity index (χ0n) is 20.4. The van der Waals surface area contributed by atoms with E-state index in [0.717, 1.165) is 65.0 Å². The van der Waals surface area contributed by atoms with Gasteiger partial charge in [-0.05, 0) is 46.3 Å². The Morgan fingerprint density at radius 3 is 2.00 bits per heavy atom. The predicted molar refractivity (Wildman–Crippen MR) is 158 cm³/mol. The summed E-state index contributed by atoms with van der Waals surface area (Å²) in [6.07, 6.45) is 0.